The number of rotatable bonds is 7. The van der Waals surface area contributed by atoms with Crippen LogP contribution < -0.4 is 0 Å². The summed E-state index contributed by atoms with van der Waals surface area (Å²) in [5.74, 6) is 1.66. The highest BCUT2D eigenvalue weighted by Crippen LogP contribution is 2.33. The molecule has 0 N–H and O–H groups in total. The fourth-order valence-electron chi connectivity index (χ4n) is 3.04. The maximum absolute atomic E-state index is 10.6. The fourth-order valence-corrected chi connectivity index (χ4v) is 3.75. The molecule has 2 aromatic rings. The Hall–Kier alpha value is -2.35. The largest absolute Gasteiger partial charge is 0.433 e. The molecule has 0 spiro atoms. The van der Waals surface area contributed by atoms with Crippen molar-refractivity contribution in [2.45, 2.75) is 49.7 Å². The van der Waals surface area contributed by atoms with Gasteiger partial charge in [-0.25, -0.2) is 0 Å². The van der Waals surface area contributed by atoms with Crippen LogP contribution in [0.15, 0.2) is 39.8 Å². The van der Waals surface area contributed by atoms with Crippen molar-refractivity contribution in [3.05, 3.63) is 51.9 Å². The van der Waals surface area contributed by atoms with E-state index in [0.29, 0.717) is 18.2 Å². The Kier molecular flexibility index (Phi) is 5.70. The molecule has 3 rings (SSSR count). The Labute approximate surface area is 150 Å². The van der Waals surface area contributed by atoms with Crippen LogP contribution in [0, 0.1) is 10.1 Å². The zero-order valence-electron chi connectivity index (χ0n) is 13.8. The van der Waals surface area contributed by atoms with Crippen LogP contribution in [0.2, 0.25) is 0 Å². The minimum absolute atomic E-state index is 0.265. The van der Waals surface area contributed by atoms with Gasteiger partial charge in [-0.2, -0.15) is 0 Å². The Balaban J connectivity index is 1.72. The van der Waals surface area contributed by atoms with Gasteiger partial charge >= 0.3 is 5.88 Å². The van der Waals surface area contributed by atoms with Crippen molar-refractivity contribution in [3.63, 3.8) is 0 Å². The van der Waals surface area contributed by atoms with Crippen LogP contribution in [0.1, 0.15) is 49.6 Å². The lowest BCUT2D eigenvalue weighted by Gasteiger charge is -2.21. The van der Waals surface area contributed by atoms with Gasteiger partial charge < -0.3 is 8.98 Å². The molecule has 0 atom stereocenters. The molecular weight excluding hydrogens is 340 g/mol. The maximum Gasteiger partial charge on any atom is 0.433 e. The molecule has 0 saturated heterocycles. The van der Waals surface area contributed by atoms with Crippen LogP contribution in [-0.4, -0.2) is 19.7 Å². The molecule has 1 fully saturated rings. The van der Waals surface area contributed by atoms with Gasteiger partial charge in [-0.3, -0.25) is 10.1 Å². The number of furan rings is 1. The van der Waals surface area contributed by atoms with Crippen molar-refractivity contribution >= 4 is 23.7 Å². The molecule has 25 heavy (non-hydrogen) atoms. The van der Waals surface area contributed by atoms with Gasteiger partial charge in [0, 0.05) is 12.5 Å². The molecule has 0 bridgehead atoms. The molecule has 2 aromatic heterocycles. The summed E-state index contributed by atoms with van der Waals surface area (Å²) in [6.07, 6.45) is 9.63. The van der Waals surface area contributed by atoms with E-state index in [1.54, 1.807) is 17.6 Å². The fraction of sp³-hybridized carbons (Fsp3) is 0.412. The Morgan fingerprint density at radius 3 is 2.84 bits per heavy atom. The number of nitrogens with zero attached hydrogens (tertiary/aromatic N) is 4. The summed E-state index contributed by atoms with van der Waals surface area (Å²) in [4.78, 5) is 10.1. The van der Waals surface area contributed by atoms with Gasteiger partial charge in [0.25, 0.3) is 0 Å². The van der Waals surface area contributed by atoms with E-state index in [2.05, 4.69) is 21.3 Å². The van der Waals surface area contributed by atoms with Gasteiger partial charge in [0.05, 0.1) is 6.07 Å². The predicted molar refractivity (Wildman–Crippen MR) is 96.3 cm³/mol. The first kappa shape index (κ1) is 17.5. The van der Waals surface area contributed by atoms with Crippen molar-refractivity contribution in [1.82, 2.24) is 14.8 Å². The average Bonchev–Trinajstić information content (AvgIpc) is 3.24. The number of thioether (sulfide) groups is 1. The lowest BCUT2D eigenvalue weighted by atomic mass is 9.89. The predicted octanol–water partition coefficient (Wildman–Crippen LogP) is 4.78. The second-order valence-electron chi connectivity index (χ2n) is 5.93. The molecule has 2 heterocycles. The Morgan fingerprint density at radius 1 is 1.36 bits per heavy atom. The standard InChI is InChI=1S/C17H20N4O3S/c1-2-11-20-16(13-6-4-3-5-7-13)18-19-17(20)25-12-10-14-8-9-15(24-14)21(22)23/h2,8-10,12-13H,1,3-7,11H2/b12-10+. The van der Waals surface area contributed by atoms with E-state index < -0.39 is 4.92 Å². The third-order valence-electron chi connectivity index (χ3n) is 4.23. The topological polar surface area (TPSA) is 87.0 Å². The van der Waals surface area contributed by atoms with Crippen LogP contribution in [-0.2, 0) is 6.54 Å². The van der Waals surface area contributed by atoms with Crippen molar-refractivity contribution in [1.29, 1.82) is 0 Å². The summed E-state index contributed by atoms with van der Waals surface area (Å²) in [6, 6.07) is 2.91. The molecule has 1 aliphatic carbocycles. The SMILES string of the molecule is C=CCn1c(S/C=C/c2ccc([N+](=O)[O-])o2)nnc1C1CCCCC1. The van der Waals surface area contributed by atoms with Gasteiger partial charge in [-0.1, -0.05) is 37.1 Å². The molecule has 0 radical (unpaired) electrons. The van der Waals surface area contributed by atoms with Crippen LogP contribution >= 0.6 is 11.8 Å². The average molecular weight is 360 g/mol. The summed E-state index contributed by atoms with van der Waals surface area (Å²) in [7, 11) is 0. The van der Waals surface area contributed by atoms with Crippen LogP contribution in [0.5, 0.6) is 0 Å². The normalized spacial score (nSPS) is 15.7. The lowest BCUT2D eigenvalue weighted by molar-refractivity contribution is -0.402. The van der Waals surface area contributed by atoms with Crippen molar-refractivity contribution in [2.75, 3.05) is 0 Å². The molecule has 0 aromatic carbocycles. The highest BCUT2D eigenvalue weighted by Gasteiger charge is 2.22. The third-order valence-corrected chi connectivity index (χ3v) is 5.01. The summed E-state index contributed by atoms with van der Waals surface area (Å²) in [6.45, 7) is 4.50. The quantitative estimate of drug-likeness (QED) is 0.306. The number of hydrogen-bond donors (Lipinski definition) is 0. The van der Waals surface area contributed by atoms with Gasteiger partial charge in [0.1, 0.15) is 16.5 Å². The second-order valence-corrected chi connectivity index (χ2v) is 6.80. The summed E-state index contributed by atoms with van der Waals surface area (Å²) in [5.41, 5.74) is 0. The number of nitro groups is 1. The third kappa shape index (κ3) is 4.19. The summed E-state index contributed by atoms with van der Waals surface area (Å²) in [5, 5.41) is 21.9. The van der Waals surface area contributed by atoms with E-state index in [4.69, 9.17) is 4.42 Å². The van der Waals surface area contributed by atoms with Crippen molar-refractivity contribution in [3.8, 4) is 0 Å². The summed E-state index contributed by atoms with van der Waals surface area (Å²) < 4.78 is 7.20. The number of aromatic nitrogens is 3. The van der Waals surface area contributed by atoms with Crippen LogP contribution in [0.4, 0.5) is 5.88 Å². The first-order valence-corrected chi connectivity index (χ1v) is 9.18. The van der Waals surface area contributed by atoms with E-state index in [1.807, 2.05) is 6.08 Å². The zero-order valence-corrected chi connectivity index (χ0v) is 14.7. The first-order valence-electron chi connectivity index (χ1n) is 8.30. The molecule has 7 nitrogen and oxygen atoms in total. The van der Waals surface area contributed by atoms with Crippen molar-refractivity contribution < 1.29 is 9.34 Å². The minimum atomic E-state index is -0.554. The molecule has 1 saturated carbocycles. The van der Waals surface area contributed by atoms with E-state index in [0.717, 1.165) is 23.8 Å². The van der Waals surface area contributed by atoms with E-state index in [1.165, 1.54) is 37.1 Å². The van der Waals surface area contributed by atoms with Crippen LogP contribution in [0.25, 0.3) is 6.08 Å². The molecule has 8 heteroatoms. The monoisotopic (exact) mass is 360 g/mol. The van der Waals surface area contributed by atoms with Gasteiger partial charge in [-0.15, -0.1) is 16.8 Å². The highest BCUT2D eigenvalue weighted by molar-refractivity contribution is 8.02. The lowest BCUT2D eigenvalue weighted by Crippen LogP contribution is -2.12. The van der Waals surface area contributed by atoms with E-state index in [-0.39, 0.29) is 5.88 Å². The molecule has 132 valence electrons. The summed E-state index contributed by atoms with van der Waals surface area (Å²) >= 11 is 1.42. The van der Waals surface area contributed by atoms with E-state index in [9.17, 15) is 10.1 Å². The Morgan fingerprint density at radius 2 is 2.16 bits per heavy atom. The minimum Gasteiger partial charge on any atom is -0.401 e. The zero-order chi connectivity index (χ0) is 17.6. The first-order chi connectivity index (χ1) is 12.2. The van der Waals surface area contributed by atoms with Gasteiger partial charge in [0.2, 0.25) is 0 Å². The molecule has 0 amide bonds. The molecule has 0 aliphatic heterocycles. The second kappa shape index (κ2) is 8.15. The highest BCUT2D eigenvalue weighted by atomic mass is 32.2. The molecule has 0 unspecified atom stereocenters. The number of allylic oxidation sites excluding steroid dienone is 1. The maximum atomic E-state index is 10.6. The number of hydrogen-bond acceptors (Lipinski definition) is 6. The van der Waals surface area contributed by atoms with Gasteiger partial charge in [-0.05, 0) is 30.4 Å². The van der Waals surface area contributed by atoms with Crippen LogP contribution in [0.3, 0.4) is 0 Å². The Bertz CT molecular complexity index is 775. The molecular formula is C17H20N4O3S. The molecule has 1 aliphatic rings. The van der Waals surface area contributed by atoms with E-state index >= 15 is 0 Å². The van der Waals surface area contributed by atoms with Crippen molar-refractivity contribution in [2.24, 2.45) is 0 Å². The van der Waals surface area contributed by atoms with Gasteiger partial charge in [0.15, 0.2) is 5.16 Å². The smallest absolute Gasteiger partial charge is 0.401 e.